The summed E-state index contributed by atoms with van der Waals surface area (Å²) in [6, 6.07) is 9.29. The maximum atomic E-state index is 12.7. The summed E-state index contributed by atoms with van der Waals surface area (Å²) in [5, 5.41) is 13.9. The molecule has 0 saturated carbocycles. The van der Waals surface area contributed by atoms with Crippen LogP contribution in [0.25, 0.3) is 6.08 Å². The van der Waals surface area contributed by atoms with Crippen LogP contribution in [-0.2, 0) is 0 Å². The lowest BCUT2D eigenvalue weighted by Gasteiger charge is -2.23. The van der Waals surface area contributed by atoms with E-state index in [2.05, 4.69) is 5.32 Å². The summed E-state index contributed by atoms with van der Waals surface area (Å²) < 4.78 is 6.09. The molecule has 0 fully saturated rings. The number of benzene rings is 2. The molecule has 2 aromatic rings. The van der Waals surface area contributed by atoms with Gasteiger partial charge in [-0.05, 0) is 73.7 Å². The Morgan fingerprint density at radius 1 is 1.03 bits per heavy atom. The molecule has 2 aromatic carbocycles. The van der Waals surface area contributed by atoms with Gasteiger partial charge < -0.3 is 15.2 Å². The summed E-state index contributed by atoms with van der Waals surface area (Å²) in [6.07, 6.45) is 3.32. The molecule has 0 aliphatic heterocycles. The highest BCUT2D eigenvalue weighted by atomic mass is 16.5. The van der Waals surface area contributed by atoms with Crippen molar-refractivity contribution in [1.29, 1.82) is 0 Å². The average molecular weight is 396 g/mol. The summed E-state index contributed by atoms with van der Waals surface area (Å²) in [5.41, 5.74) is 4.04. The van der Waals surface area contributed by atoms with Gasteiger partial charge in [-0.25, -0.2) is 0 Å². The second-order valence-electron chi connectivity index (χ2n) is 8.15. The van der Waals surface area contributed by atoms with Gasteiger partial charge in [-0.2, -0.15) is 0 Å². The standard InChI is InChI=1S/C25H33NO3/c1-15(2)21-14-19(25(29-17(5)6)23(16(3)4)24(21)28)10-13-22(27)18-8-11-20(26-7)12-9-18/h8-17,26,28H,1-7H3/b13-10+. The lowest BCUT2D eigenvalue weighted by Crippen LogP contribution is -2.11. The monoisotopic (exact) mass is 395 g/mol. The molecule has 2 N–H and O–H groups in total. The summed E-state index contributed by atoms with van der Waals surface area (Å²) in [5.74, 6) is 1.09. The maximum absolute atomic E-state index is 12.7. The molecule has 0 aromatic heterocycles. The van der Waals surface area contributed by atoms with E-state index in [0.29, 0.717) is 11.3 Å². The molecule has 0 saturated heterocycles. The Morgan fingerprint density at radius 3 is 2.14 bits per heavy atom. The number of ketones is 1. The molecule has 0 spiro atoms. The highest BCUT2D eigenvalue weighted by Gasteiger charge is 2.22. The van der Waals surface area contributed by atoms with Crippen molar-refractivity contribution < 1.29 is 14.6 Å². The van der Waals surface area contributed by atoms with Crippen LogP contribution < -0.4 is 10.1 Å². The largest absolute Gasteiger partial charge is 0.507 e. The van der Waals surface area contributed by atoms with Gasteiger partial charge in [0, 0.05) is 29.4 Å². The van der Waals surface area contributed by atoms with E-state index in [4.69, 9.17) is 4.74 Å². The van der Waals surface area contributed by atoms with Crippen LogP contribution in [0.3, 0.4) is 0 Å². The van der Waals surface area contributed by atoms with E-state index >= 15 is 0 Å². The van der Waals surface area contributed by atoms with Crippen molar-refractivity contribution in [3.8, 4) is 11.5 Å². The number of allylic oxidation sites excluding steroid dienone is 1. The zero-order valence-corrected chi connectivity index (χ0v) is 18.5. The Kier molecular flexibility index (Phi) is 7.49. The minimum absolute atomic E-state index is 0.0475. The number of nitrogens with one attached hydrogen (secondary N) is 1. The van der Waals surface area contributed by atoms with E-state index in [1.54, 1.807) is 24.3 Å². The van der Waals surface area contributed by atoms with Gasteiger partial charge in [0.05, 0.1) is 6.10 Å². The highest BCUT2D eigenvalue weighted by molar-refractivity contribution is 6.07. The van der Waals surface area contributed by atoms with Crippen LogP contribution in [0.4, 0.5) is 5.69 Å². The van der Waals surface area contributed by atoms with Crippen LogP contribution in [0, 0.1) is 0 Å². The Balaban J connectivity index is 2.53. The van der Waals surface area contributed by atoms with Gasteiger partial charge in [-0.1, -0.05) is 27.7 Å². The smallest absolute Gasteiger partial charge is 0.185 e. The van der Waals surface area contributed by atoms with Crippen LogP contribution >= 0.6 is 0 Å². The fourth-order valence-electron chi connectivity index (χ4n) is 3.25. The van der Waals surface area contributed by atoms with Crippen LogP contribution in [0.5, 0.6) is 11.5 Å². The number of carbonyl (C=O) groups excluding carboxylic acids is 1. The molecule has 4 nitrogen and oxygen atoms in total. The molecule has 29 heavy (non-hydrogen) atoms. The van der Waals surface area contributed by atoms with Gasteiger partial charge in [0.2, 0.25) is 0 Å². The molecular formula is C25H33NO3. The molecule has 156 valence electrons. The van der Waals surface area contributed by atoms with Crippen molar-refractivity contribution in [3.05, 3.63) is 58.7 Å². The topological polar surface area (TPSA) is 58.6 Å². The third-order valence-corrected chi connectivity index (χ3v) is 4.77. The van der Waals surface area contributed by atoms with Crippen molar-refractivity contribution in [2.24, 2.45) is 0 Å². The van der Waals surface area contributed by atoms with Gasteiger partial charge in [-0.3, -0.25) is 4.79 Å². The first-order valence-corrected chi connectivity index (χ1v) is 10.2. The molecule has 0 unspecified atom stereocenters. The summed E-state index contributed by atoms with van der Waals surface area (Å²) in [6.45, 7) is 12.1. The molecule has 0 aliphatic carbocycles. The fourth-order valence-corrected chi connectivity index (χ4v) is 3.25. The van der Waals surface area contributed by atoms with Gasteiger partial charge in [0.25, 0.3) is 0 Å². The van der Waals surface area contributed by atoms with Crippen molar-refractivity contribution >= 4 is 17.5 Å². The number of phenolic OH excluding ortho intramolecular Hbond substituents is 1. The molecule has 0 radical (unpaired) electrons. The molecule has 0 aliphatic rings. The molecular weight excluding hydrogens is 362 g/mol. The molecule has 0 bridgehead atoms. The van der Waals surface area contributed by atoms with Gasteiger partial charge >= 0.3 is 0 Å². The third kappa shape index (κ3) is 5.41. The molecule has 0 amide bonds. The number of hydrogen-bond acceptors (Lipinski definition) is 4. The predicted octanol–water partition coefficient (Wildman–Crippen LogP) is 6.36. The number of carbonyl (C=O) groups is 1. The third-order valence-electron chi connectivity index (χ3n) is 4.77. The first-order chi connectivity index (χ1) is 13.6. The number of aromatic hydroxyl groups is 1. The van der Waals surface area contributed by atoms with E-state index in [9.17, 15) is 9.90 Å². The van der Waals surface area contributed by atoms with Crippen molar-refractivity contribution in [2.45, 2.75) is 59.5 Å². The van der Waals surface area contributed by atoms with Gasteiger partial charge in [-0.15, -0.1) is 0 Å². The van der Waals surface area contributed by atoms with E-state index in [1.807, 2.05) is 66.8 Å². The number of ether oxygens (including phenoxy) is 1. The van der Waals surface area contributed by atoms with Gasteiger partial charge in [0.15, 0.2) is 5.78 Å². The number of phenols is 1. The van der Waals surface area contributed by atoms with E-state index < -0.39 is 0 Å². The van der Waals surface area contributed by atoms with Crippen LogP contribution in [0.15, 0.2) is 36.4 Å². The van der Waals surface area contributed by atoms with Crippen LogP contribution in [-0.4, -0.2) is 24.0 Å². The Labute approximate surface area is 174 Å². The minimum atomic E-state index is -0.0755. The van der Waals surface area contributed by atoms with E-state index in [0.717, 1.165) is 22.4 Å². The zero-order valence-electron chi connectivity index (χ0n) is 18.5. The van der Waals surface area contributed by atoms with Gasteiger partial charge in [0.1, 0.15) is 11.5 Å². The Morgan fingerprint density at radius 2 is 1.66 bits per heavy atom. The Hall–Kier alpha value is -2.75. The van der Waals surface area contributed by atoms with E-state index in [1.165, 1.54) is 0 Å². The second-order valence-corrected chi connectivity index (χ2v) is 8.15. The first kappa shape index (κ1) is 22.5. The predicted molar refractivity (Wildman–Crippen MR) is 121 cm³/mol. The SMILES string of the molecule is CNc1ccc(C(=O)/C=C/c2cc(C(C)C)c(O)c(C(C)C)c2OC(C)C)cc1. The minimum Gasteiger partial charge on any atom is -0.507 e. The molecule has 4 heteroatoms. The number of anilines is 1. The fraction of sp³-hybridized carbons (Fsp3) is 0.400. The molecule has 2 rings (SSSR count). The maximum Gasteiger partial charge on any atom is 0.185 e. The molecule has 0 atom stereocenters. The molecule has 0 heterocycles. The van der Waals surface area contributed by atoms with Crippen LogP contribution in [0.1, 0.15) is 80.4 Å². The lowest BCUT2D eigenvalue weighted by molar-refractivity contribution is 0.104. The summed E-state index contributed by atoms with van der Waals surface area (Å²) in [4.78, 5) is 12.7. The van der Waals surface area contributed by atoms with E-state index in [-0.39, 0.29) is 29.5 Å². The number of rotatable bonds is 8. The second kappa shape index (κ2) is 9.64. The van der Waals surface area contributed by atoms with Crippen molar-refractivity contribution in [1.82, 2.24) is 0 Å². The average Bonchev–Trinajstić information content (AvgIpc) is 2.66. The normalized spacial score (nSPS) is 11.7. The number of hydrogen-bond donors (Lipinski definition) is 2. The quantitative estimate of drug-likeness (QED) is 0.403. The summed E-state index contributed by atoms with van der Waals surface area (Å²) >= 11 is 0. The first-order valence-electron chi connectivity index (χ1n) is 10.2. The lowest BCUT2D eigenvalue weighted by atomic mass is 9.90. The highest BCUT2D eigenvalue weighted by Crippen LogP contribution is 2.43. The van der Waals surface area contributed by atoms with Crippen molar-refractivity contribution in [3.63, 3.8) is 0 Å². The Bertz CT molecular complexity index is 878. The zero-order chi connectivity index (χ0) is 21.7. The van der Waals surface area contributed by atoms with Crippen molar-refractivity contribution in [2.75, 3.05) is 12.4 Å². The van der Waals surface area contributed by atoms with Crippen LogP contribution in [0.2, 0.25) is 0 Å². The summed E-state index contributed by atoms with van der Waals surface area (Å²) in [7, 11) is 1.84.